The Hall–Kier alpha value is -1.96. The molecule has 1 atom stereocenters. The Kier molecular flexibility index (Phi) is 7.57. The average molecular weight is 445 g/mol. The number of carbonyl (C=O) groups excluding carboxylic acids is 1. The highest BCUT2D eigenvalue weighted by molar-refractivity contribution is 7.92. The first-order valence-electron chi connectivity index (χ1n) is 8.60. The second-order valence-electron chi connectivity index (χ2n) is 6.14. The first-order chi connectivity index (χ1) is 13.2. The summed E-state index contributed by atoms with van der Waals surface area (Å²) in [5.41, 5.74) is 0.246. The predicted octanol–water partition coefficient (Wildman–Crippen LogP) is 4.11. The molecule has 0 fully saturated rings. The van der Waals surface area contributed by atoms with Gasteiger partial charge in [0.15, 0.2) is 0 Å². The molecule has 152 valence electrons. The fraction of sp³-hybridized carbons (Fsp3) is 0.316. The van der Waals surface area contributed by atoms with Crippen LogP contribution in [-0.4, -0.2) is 34.0 Å². The van der Waals surface area contributed by atoms with E-state index in [9.17, 15) is 13.2 Å². The molecule has 2 aromatic carbocycles. The van der Waals surface area contributed by atoms with Crippen LogP contribution in [-0.2, 0) is 14.8 Å². The minimum atomic E-state index is -4.11. The number of anilines is 1. The molecule has 1 amide bonds. The van der Waals surface area contributed by atoms with Crippen molar-refractivity contribution in [3.05, 3.63) is 52.5 Å². The van der Waals surface area contributed by atoms with Crippen LogP contribution in [0.15, 0.2) is 47.4 Å². The van der Waals surface area contributed by atoms with Crippen molar-refractivity contribution in [1.29, 1.82) is 0 Å². The van der Waals surface area contributed by atoms with Crippen molar-refractivity contribution in [1.82, 2.24) is 5.32 Å². The van der Waals surface area contributed by atoms with Gasteiger partial charge in [-0.25, -0.2) is 8.42 Å². The normalized spacial score (nSPS) is 12.3. The first kappa shape index (κ1) is 22.3. The molecule has 0 spiro atoms. The summed E-state index contributed by atoms with van der Waals surface area (Å²) >= 11 is 11.9. The lowest BCUT2D eigenvalue weighted by Gasteiger charge is -2.26. The van der Waals surface area contributed by atoms with E-state index in [1.165, 1.54) is 25.3 Å². The van der Waals surface area contributed by atoms with Gasteiger partial charge in [-0.05, 0) is 43.7 Å². The maximum Gasteiger partial charge on any atom is 0.264 e. The maximum atomic E-state index is 13.3. The molecule has 6 nitrogen and oxygen atoms in total. The third-order valence-electron chi connectivity index (χ3n) is 4.14. The fourth-order valence-electron chi connectivity index (χ4n) is 2.45. The van der Waals surface area contributed by atoms with E-state index in [4.69, 9.17) is 27.9 Å². The van der Waals surface area contributed by atoms with Crippen molar-refractivity contribution in [2.75, 3.05) is 18.0 Å². The number of para-hydroxylation sites is 2. The molecular weight excluding hydrogens is 423 g/mol. The van der Waals surface area contributed by atoms with Gasteiger partial charge in [-0.1, -0.05) is 42.3 Å². The first-order valence-corrected chi connectivity index (χ1v) is 10.8. The summed E-state index contributed by atoms with van der Waals surface area (Å²) in [7, 11) is -2.68. The van der Waals surface area contributed by atoms with Crippen LogP contribution in [0.1, 0.15) is 20.3 Å². The van der Waals surface area contributed by atoms with E-state index in [0.717, 1.165) is 10.7 Å². The number of rotatable bonds is 8. The zero-order chi connectivity index (χ0) is 20.9. The number of hydrogen-bond donors (Lipinski definition) is 1. The molecule has 0 bridgehead atoms. The highest BCUT2D eigenvalue weighted by atomic mass is 35.5. The number of carbonyl (C=O) groups is 1. The third-order valence-corrected chi connectivity index (χ3v) is 6.63. The van der Waals surface area contributed by atoms with Crippen molar-refractivity contribution in [3.63, 3.8) is 0 Å². The van der Waals surface area contributed by atoms with Gasteiger partial charge < -0.3 is 10.1 Å². The molecule has 0 heterocycles. The van der Waals surface area contributed by atoms with E-state index in [-0.39, 0.29) is 26.7 Å². The van der Waals surface area contributed by atoms with Crippen molar-refractivity contribution in [2.24, 2.45) is 0 Å². The van der Waals surface area contributed by atoms with E-state index >= 15 is 0 Å². The van der Waals surface area contributed by atoms with Gasteiger partial charge in [-0.3, -0.25) is 9.10 Å². The molecule has 0 aliphatic carbocycles. The Bertz CT molecular complexity index is 951. The van der Waals surface area contributed by atoms with Crippen molar-refractivity contribution < 1.29 is 17.9 Å². The van der Waals surface area contributed by atoms with Crippen LogP contribution in [0.4, 0.5) is 5.69 Å². The van der Waals surface area contributed by atoms with E-state index in [0.29, 0.717) is 5.75 Å². The molecule has 0 saturated heterocycles. The Morgan fingerprint density at radius 3 is 2.46 bits per heavy atom. The second-order valence-corrected chi connectivity index (χ2v) is 8.81. The van der Waals surface area contributed by atoms with E-state index in [2.05, 4.69) is 5.32 Å². The zero-order valence-corrected chi connectivity index (χ0v) is 18.1. The average Bonchev–Trinajstić information content (AvgIpc) is 2.67. The SMILES string of the molecule is CCC(C)NC(=O)CN(c1ccccc1OC)S(=O)(=O)c1ccc(Cl)c(Cl)c1. The van der Waals surface area contributed by atoms with Gasteiger partial charge in [0.05, 0.1) is 27.7 Å². The summed E-state index contributed by atoms with van der Waals surface area (Å²) in [4.78, 5) is 12.4. The predicted molar refractivity (Wildman–Crippen MR) is 112 cm³/mol. The minimum absolute atomic E-state index is 0.0795. The largest absolute Gasteiger partial charge is 0.495 e. The number of nitrogens with one attached hydrogen (secondary N) is 1. The number of amides is 1. The maximum absolute atomic E-state index is 13.3. The van der Waals surface area contributed by atoms with Gasteiger partial charge in [0, 0.05) is 6.04 Å². The lowest BCUT2D eigenvalue weighted by molar-refractivity contribution is -0.120. The number of halogens is 2. The molecule has 28 heavy (non-hydrogen) atoms. The van der Waals surface area contributed by atoms with Gasteiger partial charge in [0.25, 0.3) is 10.0 Å². The van der Waals surface area contributed by atoms with E-state index in [1.807, 2.05) is 13.8 Å². The van der Waals surface area contributed by atoms with Crippen molar-refractivity contribution in [2.45, 2.75) is 31.2 Å². The van der Waals surface area contributed by atoms with Crippen LogP contribution < -0.4 is 14.4 Å². The number of ether oxygens (including phenoxy) is 1. The monoisotopic (exact) mass is 444 g/mol. The van der Waals surface area contributed by atoms with Gasteiger partial charge >= 0.3 is 0 Å². The number of nitrogens with zero attached hydrogens (tertiary/aromatic N) is 1. The number of methoxy groups -OCH3 is 1. The highest BCUT2D eigenvalue weighted by Gasteiger charge is 2.30. The topological polar surface area (TPSA) is 75.7 Å². The smallest absolute Gasteiger partial charge is 0.264 e. The highest BCUT2D eigenvalue weighted by Crippen LogP contribution is 2.33. The molecule has 2 aromatic rings. The Morgan fingerprint density at radius 2 is 1.86 bits per heavy atom. The Balaban J connectivity index is 2.53. The van der Waals surface area contributed by atoms with Crippen LogP contribution in [0.5, 0.6) is 5.75 Å². The molecule has 0 aromatic heterocycles. The summed E-state index contributed by atoms with van der Waals surface area (Å²) in [5.74, 6) is -0.105. The summed E-state index contributed by atoms with van der Waals surface area (Å²) < 4.78 is 33.0. The third kappa shape index (κ3) is 5.10. The molecule has 9 heteroatoms. The summed E-state index contributed by atoms with van der Waals surface area (Å²) in [6.07, 6.45) is 0.722. The second kappa shape index (κ2) is 9.49. The molecule has 0 aliphatic rings. The quantitative estimate of drug-likeness (QED) is 0.664. The molecule has 0 aliphatic heterocycles. The fourth-order valence-corrected chi connectivity index (χ4v) is 4.27. The molecule has 1 unspecified atom stereocenters. The zero-order valence-electron chi connectivity index (χ0n) is 15.8. The molecular formula is C19H22Cl2N2O4S. The molecule has 0 radical (unpaired) electrons. The van der Waals surface area contributed by atoms with Gasteiger partial charge in [-0.2, -0.15) is 0 Å². The van der Waals surface area contributed by atoms with Crippen LogP contribution in [0, 0.1) is 0 Å². The van der Waals surface area contributed by atoms with E-state index in [1.54, 1.807) is 24.3 Å². The van der Waals surface area contributed by atoms with Gasteiger partial charge in [0.1, 0.15) is 12.3 Å². The summed E-state index contributed by atoms with van der Waals surface area (Å²) in [6, 6.07) is 10.5. The van der Waals surface area contributed by atoms with Gasteiger partial charge in [0.2, 0.25) is 5.91 Å². The van der Waals surface area contributed by atoms with Crippen LogP contribution in [0.25, 0.3) is 0 Å². The number of benzene rings is 2. The molecule has 0 saturated carbocycles. The van der Waals surface area contributed by atoms with Crippen LogP contribution >= 0.6 is 23.2 Å². The standard InChI is InChI=1S/C19H22Cl2N2O4S/c1-4-13(2)22-19(24)12-23(17-7-5-6-8-18(17)27-3)28(25,26)14-9-10-15(20)16(21)11-14/h5-11,13H,4,12H2,1-3H3,(H,22,24). The molecule has 1 N–H and O–H groups in total. The number of sulfonamides is 1. The molecule has 2 rings (SSSR count). The van der Waals surface area contributed by atoms with Crippen LogP contribution in [0.3, 0.4) is 0 Å². The number of hydrogen-bond acceptors (Lipinski definition) is 4. The summed E-state index contributed by atoms with van der Waals surface area (Å²) in [5, 5.41) is 3.12. The minimum Gasteiger partial charge on any atom is -0.495 e. The van der Waals surface area contributed by atoms with Crippen LogP contribution in [0.2, 0.25) is 10.0 Å². The summed E-state index contributed by atoms with van der Waals surface area (Å²) in [6.45, 7) is 3.36. The lowest BCUT2D eigenvalue weighted by atomic mass is 10.2. The van der Waals surface area contributed by atoms with Crippen molar-refractivity contribution in [3.8, 4) is 5.75 Å². The van der Waals surface area contributed by atoms with Crippen molar-refractivity contribution >= 4 is 44.8 Å². The van der Waals surface area contributed by atoms with Gasteiger partial charge in [-0.15, -0.1) is 0 Å². The Labute approximate surface area is 175 Å². The van der Waals surface area contributed by atoms with E-state index < -0.39 is 22.5 Å². The Morgan fingerprint density at radius 1 is 1.18 bits per heavy atom. The lowest BCUT2D eigenvalue weighted by Crippen LogP contribution is -2.43.